The van der Waals surface area contributed by atoms with E-state index in [0.717, 1.165) is 134 Å². The third-order valence-corrected chi connectivity index (χ3v) is 13.4. The van der Waals surface area contributed by atoms with E-state index in [-0.39, 0.29) is 37.9 Å². The number of hydrogen-bond acceptors (Lipinski definition) is 11. The number of carbonyl (C=O) groups excluding carboxylic acids is 3. The van der Waals surface area contributed by atoms with Crippen LogP contribution in [0.15, 0.2) is 78.9 Å². The van der Waals surface area contributed by atoms with Gasteiger partial charge in [-0.1, -0.05) is 73.9 Å². The lowest BCUT2D eigenvalue weighted by molar-refractivity contribution is -0.131. The van der Waals surface area contributed by atoms with Gasteiger partial charge in [0, 0.05) is 107 Å². The van der Waals surface area contributed by atoms with Crippen LogP contribution in [-0.4, -0.2) is 147 Å². The molecule has 0 saturated carbocycles. The standard InChI is InChI=1S/C50H62N12O4/c1-36-47(49-52-42(38-14-8-6-9-15-38)34-45(62(49)54-36)59-26-22-58(23-27-59)30-31-63)39-16-11-13-37(32-39)12-7-4-3-5-10-20-57-24-28-60(29-25-57)46(65)35-51-40-17-18-41-43(33-40)56(2)55-48(41)61-21-19-44(64)53-50(61)66/h6,8-9,11,13-18,32-34,51,63H,3-5,7,10,12,19-31,35H2,1-2H3,(H,53,64,66). The normalized spacial score (nSPS) is 16.4. The van der Waals surface area contributed by atoms with Crippen molar-refractivity contribution in [2.75, 3.05) is 100 Å². The second-order valence-electron chi connectivity index (χ2n) is 17.8. The number of amides is 4. The fourth-order valence-electron chi connectivity index (χ4n) is 9.67. The molecule has 3 fully saturated rings. The number of aromatic nitrogens is 5. The molecule has 3 aliphatic heterocycles. The van der Waals surface area contributed by atoms with Crippen LogP contribution in [0.4, 0.5) is 22.1 Å². The van der Waals surface area contributed by atoms with Gasteiger partial charge in [-0.25, -0.2) is 9.78 Å². The van der Waals surface area contributed by atoms with E-state index in [2.05, 4.69) is 92.0 Å². The van der Waals surface area contributed by atoms with Gasteiger partial charge in [-0.3, -0.25) is 34.3 Å². The maximum absolute atomic E-state index is 13.2. The van der Waals surface area contributed by atoms with Crippen molar-refractivity contribution in [1.82, 2.24) is 44.4 Å². The first-order valence-electron chi connectivity index (χ1n) is 23.7. The van der Waals surface area contributed by atoms with Gasteiger partial charge in [0.1, 0.15) is 5.82 Å². The van der Waals surface area contributed by atoms with Crippen molar-refractivity contribution in [3.8, 4) is 22.4 Å². The van der Waals surface area contributed by atoms with Crippen LogP contribution in [0.25, 0.3) is 38.9 Å². The molecule has 4 amide bonds. The molecule has 16 heteroatoms. The van der Waals surface area contributed by atoms with E-state index < -0.39 is 6.03 Å². The Kier molecular flexibility index (Phi) is 13.9. The molecule has 66 heavy (non-hydrogen) atoms. The summed E-state index contributed by atoms with van der Waals surface area (Å²) in [6.45, 7) is 11.3. The van der Waals surface area contributed by atoms with Crippen LogP contribution in [0.1, 0.15) is 49.8 Å². The van der Waals surface area contributed by atoms with Gasteiger partial charge in [0.25, 0.3) is 0 Å². The highest BCUT2D eigenvalue weighted by Crippen LogP contribution is 2.34. The van der Waals surface area contributed by atoms with Crippen molar-refractivity contribution in [1.29, 1.82) is 0 Å². The predicted octanol–water partition coefficient (Wildman–Crippen LogP) is 5.57. The van der Waals surface area contributed by atoms with Crippen LogP contribution in [0.2, 0.25) is 0 Å². The fourth-order valence-corrected chi connectivity index (χ4v) is 9.67. The predicted molar refractivity (Wildman–Crippen MR) is 259 cm³/mol. The van der Waals surface area contributed by atoms with Gasteiger partial charge < -0.3 is 20.2 Å². The molecule has 0 bridgehead atoms. The molecular weight excluding hydrogens is 833 g/mol. The number of rotatable bonds is 17. The van der Waals surface area contributed by atoms with Gasteiger partial charge in [0.2, 0.25) is 11.8 Å². The summed E-state index contributed by atoms with van der Waals surface area (Å²) in [5.41, 5.74) is 9.07. The number of aliphatic hydroxyl groups is 1. The SMILES string of the molecule is Cc1nn2c(N3CCN(CCO)CC3)cc(-c3ccccc3)nc2c1-c1cccc(CCCCCCCN2CCN(C(=O)CNc3ccc4c(N5CCC(=O)NC5=O)nn(C)c4c3)CC2)c1. The number of carbonyl (C=O) groups is 3. The molecular formula is C50H62N12O4. The number of aryl methyl sites for hydroxylation is 3. The number of unbranched alkanes of at least 4 members (excludes halogenated alkanes) is 4. The van der Waals surface area contributed by atoms with E-state index in [1.54, 1.807) is 4.68 Å². The van der Waals surface area contributed by atoms with Gasteiger partial charge in [-0.2, -0.15) is 14.7 Å². The smallest absolute Gasteiger partial charge is 0.329 e. The zero-order valence-electron chi connectivity index (χ0n) is 38.3. The molecule has 6 aromatic rings. The van der Waals surface area contributed by atoms with E-state index in [1.807, 2.05) is 40.7 Å². The molecule has 3 aromatic heterocycles. The van der Waals surface area contributed by atoms with Crippen LogP contribution in [-0.2, 0) is 23.1 Å². The Morgan fingerprint density at radius 3 is 2.30 bits per heavy atom. The molecule has 16 nitrogen and oxygen atoms in total. The van der Waals surface area contributed by atoms with Crippen molar-refractivity contribution in [2.24, 2.45) is 7.05 Å². The highest BCUT2D eigenvalue weighted by Gasteiger charge is 2.29. The zero-order valence-corrected chi connectivity index (χ0v) is 38.3. The quantitative estimate of drug-likeness (QED) is 0.0984. The number of urea groups is 1. The van der Waals surface area contributed by atoms with Crippen molar-refractivity contribution >= 4 is 51.7 Å². The van der Waals surface area contributed by atoms with E-state index in [9.17, 15) is 19.5 Å². The first-order chi connectivity index (χ1) is 32.2. The lowest BCUT2D eigenvalue weighted by Gasteiger charge is -2.35. The van der Waals surface area contributed by atoms with Crippen LogP contribution in [0, 0.1) is 6.92 Å². The maximum atomic E-state index is 13.2. The number of imide groups is 1. The molecule has 9 rings (SSSR count). The van der Waals surface area contributed by atoms with Gasteiger partial charge in [-0.15, -0.1) is 0 Å². The highest BCUT2D eigenvalue weighted by molar-refractivity contribution is 6.09. The van der Waals surface area contributed by atoms with Gasteiger partial charge in [0.15, 0.2) is 11.5 Å². The summed E-state index contributed by atoms with van der Waals surface area (Å²) in [5.74, 6) is 1.37. The number of piperazine rings is 2. The number of β-amino-alcohol motifs (C(OH)–C–C–N with tert-alkyl or cyclic N) is 1. The molecule has 6 heterocycles. The number of anilines is 3. The molecule has 3 N–H and O–H groups in total. The zero-order chi connectivity index (χ0) is 45.6. The molecule has 3 aliphatic rings. The molecule has 0 radical (unpaired) electrons. The highest BCUT2D eigenvalue weighted by atomic mass is 16.3. The second kappa shape index (κ2) is 20.4. The molecule has 346 valence electrons. The minimum Gasteiger partial charge on any atom is -0.395 e. The Balaban J connectivity index is 0.718. The Morgan fingerprint density at radius 2 is 1.52 bits per heavy atom. The van der Waals surface area contributed by atoms with Gasteiger partial charge in [-0.05, 0) is 62.1 Å². The third-order valence-electron chi connectivity index (χ3n) is 13.4. The van der Waals surface area contributed by atoms with Crippen LogP contribution in [0.5, 0.6) is 0 Å². The van der Waals surface area contributed by atoms with Crippen molar-refractivity contribution in [2.45, 2.75) is 51.9 Å². The van der Waals surface area contributed by atoms with Crippen molar-refractivity contribution in [3.05, 3.63) is 90.1 Å². The third kappa shape index (κ3) is 10.1. The van der Waals surface area contributed by atoms with Gasteiger partial charge >= 0.3 is 6.03 Å². The van der Waals surface area contributed by atoms with E-state index in [0.29, 0.717) is 12.4 Å². The van der Waals surface area contributed by atoms with Crippen LogP contribution in [0.3, 0.4) is 0 Å². The van der Waals surface area contributed by atoms with E-state index in [4.69, 9.17) is 10.1 Å². The topological polar surface area (TPSA) is 160 Å². The number of nitrogens with one attached hydrogen (secondary N) is 2. The second-order valence-corrected chi connectivity index (χ2v) is 17.8. The number of benzene rings is 3. The lowest BCUT2D eigenvalue weighted by Crippen LogP contribution is -2.50. The Bertz CT molecular complexity index is 2660. The largest absolute Gasteiger partial charge is 0.395 e. The lowest BCUT2D eigenvalue weighted by atomic mass is 9.99. The molecule has 3 aromatic carbocycles. The minimum absolute atomic E-state index is 0.0814. The Morgan fingerprint density at radius 1 is 0.773 bits per heavy atom. The summed E-state index contributed by atoms with van der Waals surface area (Å²) >= 11 is 0. The van der Waals surface area contributed by atoms with Crippen molar-refractivity contribution < 1.29 is 19.5 Å². The summed E-state index contributed by atoms with van der Waals surface area (Å²) in [7, 11) is 1.82. The summed E-state index contributed by atoms with van der Waals surface area (Å²) < 4.78 is 3.76. The molecule has 0 spiro atoms. The summed E-state index contributed by atoms with van der Waals surface area (Å²) in [5, 5.41) is 25.6. The molecule has 0 aliphatic carbocycles. The molecule has 0 unspecified atom stereocenters. The van der Waals surface area contributed by atoms with E-state index >= 15 is 0 Å². The molecule has 3 saturated heterocycles. The number of hydrogen-bond donors (Lipinski definition) is 3. The monoisotopic (exact) mass is 895 g/mol. The number of nitrogens with zero attached hydrogens (tertiary/aromatic N) is 10. The maximum Gasteiger partial charge on any atom is 0.329 e. The van der Waals surface area contributed by atoms with Gasteiger partial charge in [0.05, 0.1) is 30.1 Å². The van der Waals surface area contributed by atoms with Crippen molar-refractivity contribution in [3.63, 3.8) is 0 Å². The average molecular weight is 895 g/mol. The number of aliphatic hydroxyl groups excluding tert-OH is 1. The summed E-state index contributed by atoms with van der Waals surface area (Å²) in [4.78, 5) is 53.1. The minimum atomic E-state index is -0.464. The first-order valence-corrected chi connectivity index (χ1v) is 23.7. The summed E-state index contributed by atoms with van der Waals surface area (Å²) in [6.07, 6.45) is 7.18. The van der Waals surface area contributed by atoms with Crippen LogP contribution < -0.4 is 20.4 Å². The number of fused-ring (bicyclic) bond motifs is 2. The fraction of sp³-hybridized carbons (Fsp3) is 0.440. The Hall–Kier alpha value is -6.36. The Labute approximate surface area is 386 Å². The first kappa shape index (κ1) is 44.8. The van der Waals surface area contributed by atoms with E-state index in [1.165, 1.54) is 29.7 Å². The average Bonchev–Trinajstić information content (AvgIpc) is 3.85. The van der Waals surface area contributed by atoms with Crippen LogP contribution >= 0.6 is 0 Å². The summed E-state index contributed by atoms with van der Waals surface area (Å²) in [6, 6.07) is 26.8. The molecule has 0 atom stereocenters.